The minimum absolute atomic E-state index is 0.263. The number of hydrogen-bond donors (Lipinski definition) is 1. The van der Waals surface area contributed by atoms with Crippen molar-refractivity contribution in [1.82, 2.24) is 19.5 Å². The predicted octanol–water partition coefficient (Wildman–Crippen LogP) is 4.58. The molecule has 0 aliphatic heterocycles. The average molecular weight is 405 g/mol. The third-order valence-electron chi connectivity index (χ3n) is 4.95. The zero-order chi connectivity index (χ0) is 21.1. The summed E-state index contributed by atoms with van der Waals surface area (Å²) in [6.07, 6.45) is 0.678. The summed E-state index contributed by atoms with van der Waals surface area (Å²) < 4.78 is 20.8. The number of methoxy groups -OCH3 is 1. The van der Waals surface area contributed by atoms with Gasteiger partial charge < -0.3 is 10.1 Å². The van der Waals surface area contributed by atoms with Crippen LogP contribution >= 0.6 is 0 Å². The molecule has 4 rings (SSSR count). The number of anilines is 1. The van der Waals surface area contributed by atoms with E-state index in [4.69, 9.17) is 4.74 Å². The normalized spacial score (nSPS) is 11.2. The fraction of sp³-hybridized carbons (Fsp3) is 0.261. The molecule has 7 heteroatoms. The van der Waals surface area contributed by atoms with Crippen LogP contribution in [-0.4, -0.2) is 26.6 Å². The van der Waals surface area contributed by atoms with Crippen LogP contribution in [0, 0.1) is 12.7 Å². The Kier molecular flexibility index (Phi) is 5.72. The molecule has 154 valence electrons. The number of fused-ring (bicyclic) bond motifs is 1. The van der Waals surface area contributed by atoms with Crippen molar-refractivity contribution in [3.05, 3.63) is 77.0 Å². The largest absolute Gasteiger partial charge is 0.380 e. The number of halogens is 1. The van der Waals surface area contributed by atoms with Crippen LogP contribution in [0.5, 0.6) is 0 Å². The van der Waals surface area contributed by atoms with Crippen molar-refractivity contribution in [2.24, 2.45) is 0 Å². The van der Waals surface area contributed by atoms with Crippen molar-refractivity contribution >= 4 is 16.9 Å². The Labute approximate surface area is 174 Å². The van der Waals surface area contributed by atoms with E-state index >= 15 is 0 Å². The molecule has 0 bridgehead atoms. The maximum atomic E-state index is 13.5. The molecule has 1 N–H and O–H groups in total. The first-order chi connectivity index (χ1) is 14.6. The summed E-state index contributed by atoms with van der Waals surface area (Å²) in [5.41, 5.74) is 3.98. The number of aryl methyl sites for hydroxylation is 2. The van der Waals surface area contributed by atoms with Gasteiger partial charge in [0.15, 0.2) is 0 Å². The summed E-state index contributed by atoms with van der Waals surface area (Å²) in [5.74, 6) is 1.46. The number of rotatable bonds is 7. The van der Waals surface area contributed by atoms with E-state index in [2.05, 4.69) is 38.5 Å². The SMILES string of the molecule is CCc1nc(NCc2cccc(F)c2)nc(-n2c(C)cc3c(COC)cccc32)n1. The van der Waals surface area contributed by atoms with Crippen molar-refractivity contribution in [3.63, 3.8) is 0 Å². The van der Waals surface area contributed by atoms with Crippen molar-refractivity contribution in [1.29, 1.82) is 0 Å². The van der Waals surface area contributed by atoms with E-state index in [9.17, 15) is 4.39 Å². The van der Waals surface area contributed by atoms with Gasteiger partial charge in [-0.05, 0) is 42.3 Å². The van der Waals surface area contributed by atoms with Gasteiger partial charge in [0.05, 0.1) is 12.1 Å². The second-order valence-corrected chi connectivity index (χ2v) is 7.12. The van der Waals surface area contributed by atoms with Crippen LogP contribution in [0.3, 0.4) is 0 Å². The highest BCUT2D eigenvalue weighted by atomic mass is 19.1. The molecule has 0 radical (unpaired) electrons. The topological polar surface area (TPSA) is 64.9 Å². The highest BCUT2D eigenvalue weighted by Crippen LogP contribution is 2.26. The van der Waals surface area contributed by atoms with Gasteiger partial charge in [-0.25, -0.2) is 4.39 Å². The van der Waals surface area contributed by atoms with Gasteiger partial charge in [0.25, 0.3) is 0 Å². The molecule has 0 unspecified atom stereocenters. The van der Waals surface area contributed by atoms with Gasteiger partial charge in [0.2, 0.25) is 11.9 Å². The third kappa shape index (κ3) is 4.02. The van der Waals surface area contributed by atoms with E-state index < -0.39 is 0 Å². The molecule has 0 saturated carbocycles. The molecular weight excluding hydrogens is 381 g/mol. The van der Waals surface area contributed by atoms with E-state index in [0.29, 0.717) is 37.3 Å². The molecular formula is C23H24FN5O. The molecule has 0 fully saturated rings. The lowest BCUT2D eigenvalue weighted by Gasteiger charge is -2.11. The van der Waals surface area contributed by atoms with Crippen LogP contribution in [-0.2, 0) is 24.3 Å². The smallest absolute Gasteiger partial charge is 0.239 e. The first kappa shape index (κ1) is 20.0. The van der Waals surface area contributed by atoms with Crippen molar-refractivity contribution in [3.8, 4) is 5.95 Å². The van der Waals surface area contributed by atoms with Crippen molar-refractivity contribution in [2.75, 3.05) is 12.4 Å². The molecule has 0 aliphatic rings. The summed E-state index contributed by atoms with van der Waals surface area (Å²) in [4.78, 5) is 13.8. The number of hydrogen-bond acceptors (Lipinski definition) is 5. The lowest BCUT2D eigenvalue weighted by molar-refractivity contribution is 0.186. The predicted molar refractivity (Wildman–Crippen MR) is 115 cm³/mol. The van der Waals surface area contributed by atoms with E-state index in [1.54, 1.807) is 13.2 Å². The monoisotopic (exact) mass is 405 g/mol. The molecule has 2 aromatic heterocycles. The summed E-state index contributed by atoms with van der Waals surface area (Å²) >= 11 is 0. The Hall–Kier alpha value is -3.32. The lowest BCUT2D eigenvalue weighted by atomic mass is 10.1. The summed E-state index contributed by atoms with van der Waals surface area (Å²) in [5, 5.41) is 4.32. The molecule has 0 spiro atoms. The third-order valence-corrected chi connectivity index (χ3v) is 4.95. The number of benzene rings is 2. The fourth-order valence-electron chi connectivity index (χ4n) is 3.54. The zero-order valence-electron chi connectivity index (χ0n) is 17.3. The van der Waals surface area contributed by atoms with Gasteiger partial charge in [0, 0.05) is 31.2 Å². The maximum absolute atomic E-state index is 13.5. The molecule has 0 aliphatic carbocycles. The Bertz CT molecular complexity index is 1190. The number of nitrogens with zero attached hydrogens (tertiary/aromatic N) is 4. The van der Waals surface area contributed by atoms with Gasteiger partial charge in [-0.3, -0.25) is 4.57 Å². The van der Waals surface area contributed by atoms with Crippen molar-refractivity contribution in [2.45, 2.75) is 33.4 Å². The van der Waals surface area contributed by atoms with Gasteiger partial charge >= 0.3 is 0 Å². The molecule has 0 atom stereocenters. The van der Waals surface area contributed by atoms with Crippen LogP contribution in [0.15, 0.2) is 48.5 Å². The zero-order valence-corrected chi connectivity index (χ0v) is 17.3. The second-order valence-electron chi connectivity index (χ2n) is 7.12. The van der Waals surface area contributed by atoms with Crippen LogP contribution in [0.2, 0.25) is 0 Å². The average Bonchev–Trinajstić information content (AvgIpc) is 3.09. The standard InChI is InChI=1S/C23H24FN5O/c1-4-21-26-22(25-13-16-7-5-9-18(24)12-16)28-23(27-21)29-15(2)11-19-17(14-30-3)8-6-10-20(19)29/h5-12H,4,13-14H2,1-3H3,(H,25,26,27,28). The molecule has 2 heterocycles. The Morgan fingerprint density at radius 2 is 1.90 bits per heavy atom. The first-order valence-electron chi connectivity index (χ1n) is 9.91. The van der Waals surface area contributed by atoms with Crippen LogP contribution in [0.25, 0.3) is 16.9 Å². The van der Waals surface area contributed by atoms with Crippen LogP contribution in [0.4, 0.5) is 10.3 Å². The molecule has 0 amide bonds. The lowest BCUT2D eigenvalue weighted by Crippen LogP contribution is -2.12. The highest BCUT2D eigenvalue weighted by molar-refractivity contribution is 5.86. The maximum Gasteiger partial charge on any atom is 0.239 e. The van der Waals surface area contributed by atoms with Gasteiger partial charge in [-0.1, -0.05) is 31.2 Å². The first-order valence-corrected chi connectivity index (χ1v) is 9.91. The summed E-state index contributed by atoms with van der Waals surface area (Å²) in [6.45, 7) is 5.00. The quantitative estimate of drug-likeness (QED) is 0.487. The Balaban J connectivity index is 1.73. The van der Waals surface area contributed by atoms with Crippen LogP contribution in [0.1, 0.15) is 29.6 Å². The van der Waals surface area contributed by atoms with E-state index in [1.165, 1.54) is 12.1 Å². The summed E-state index contributed by atoms with van der Waals surface area (Å²) in [7, 11) is 1.69. The van der Waals surface area contributed by atoms with Crippen molar-refractivity contribution < 1.29 is 9.13 Å². The molecule has 2 aromatic carbocycles. The molecule has 6 nitrogen and oxygen atoms in total. The number of nitrogens with one attached hydrogen (secondary N) is 1. The second kappa shape index (κ2) is 8.59. The van der Waals surface area contributed by atoms with E-state index in [0.717, 1.165) is 27.7 Å². The molecule has 30 heavy (non-hydrogen) atoms. The number of aromatic nitrogens is 4. The Morgan fingerprint density at radius 1 is 1.07 bits per heavy atom. The van der Waals surface area contributed by atoms with Gasteiger partial charge in [-0.15, -0.1) is 0 Å². The summed E-state index contributed by atoms with van der Waals surface area (Å²) in [6, 6.07) is 14.7. The van der Waals surface area contributed by atoms with Gasteiger partial charge in [-0.2, -0.15) is 15.0 Å². The van der Waals surface area contributed by atoms with E-state index in [-0.39, 0.29) is 5.82 Å². The van der Waals surface area contributed by atoms with E-state index in [1.807, 2.05) is 30.5 Å². The molecule has 0 saturated heterocycles. The van der Waals surface area contributed by atoms with Gasteiger partial charge in [0.1, 0.15) is 11.6 Å². The minimum atomic E-state index is -0.263. The fourth-order valence-corrected chi connectivity index (χ4v) is 3.54. The number of ether oxygens (including phenoxy) is 1. The van der Waals surface area contributed by atoms with Crippen LogP contribution < -0.4 is 5.32 Å². The highest BCUT2D eigenvalue weighted by Gasteiger charge is 2.15. The minimum Gasteiger partial charge on any atom is -0.380 e. The Morgan fingerprint density at radius 3 is 2.67 bits per heavy atom. The molecule has 4 aromatic rings.